The number of nitrogens with zero attached hydrogens (tertiary/aromatic N) is 1. The van der Waals surface area contributed by atoms with Gasteiger partial charge in [-0.05, 0) is 55.8 Å². The van der Waals surface area contributed by atoms with Gasteiger partial charge in [0.25, 0.3) is 0 Å². The van der Waals surface area contributed by atoms with Crippen molar-refractivity contribution in [1.82, 2.24) is 4.90 Å². The zero-order valence-corrected chi connectivity index (χ0v) is 11.9. The fourth-order valence-electron chi connectivity index (χ4n) is 3.91. The average molecular weight is 273 g/mol. The van der Waals surface area contributed by atoms with Crippen LogP contribution in [0.5, 0.6) is 0 Å². The number of carbonyl (C=O) groups is 1. The van der Waals surface area contributed by atoms with Gasteiger partial charge >= 0.3 is 5.97 Å². The molecule has 3 rings (SSSR count). The third-order valence-electron chi connectivity index (χ3n) is 4.94. The number of rotatable bonds is 3. The van der Waals surface area contributed by atoms with Gasteiger partial charge in [0.2, 0.25) is 0 Å². The smallest absolute Gasteiger partial charge is 0.335 e. The number of carboxylic acid groups (broad SMARTS) is 1. The molecule has 20 heavy (non-hydrogen) atoms. The fraction of sp³-hybridized carbons (Fsp3) is 0.588. The summed E-state index contributed by atoms with van der Waals surface area (Å²) in [6.07, 6.45) is 8.24. The highest BCUT2D eigenvalue weighted by molar-refractivity contribution is 5.87. The Kier molecular flexibility index (Phi) is 4.06. The summed E-state index contributed by atoms with van der Waals surface area (Å²) in [7, 11) is 0. The highest BCUT2D eigenvalue weighted by atomic mass is 16.4. The maximum atomic E-state index is 10.9. The summed E-state index contributed by atoms with van der Waals surface area (Å²) in [5.74, 6) is 0.0534. The highest BCUT2D eigenvalue weighted by Gasteiger charge is 2.32. The second-order valence-corrected chi connectivity index (χ2v) is 6.23. The van der Waals surface area contributed by atoms with Crippen molar-refractivity contribution < 1.29 is 9.90 Å². The highest BCUT2D eigenvalue weighted by Crippen LogP contribution is 2.35. The lowest BCUT2D eigenvalue weighted by Gasteiger charge is -2.44. The molecule has 1 aromatic rings. The first-order valence-electron chi connectivity index (χ1n) is 7.80. The summed E-state index contributed by atoms with van der Waals surface area (Å²) in [5.41, 5.74) is 1.61. The lowest BCUT2D eigenvalue weighted by Crippen LogP contribution is -2.46. The van der Waals surface area contributed by atoms with Crippen LogP contribution < -0.4 is 0 Å². The topological polar surface area (TPSA) is 40.5 Å². The molecule has 0 unspecified atom stereocenters. The Morgan fingerprint density at radius 1 is 1.10 bits per heavy atom. The molecule has 1 aliphatic carbocycles. The Morgan fingerprint density at radius 3 is 2.55 bits per heavy atom. The molecule has 2 atom stereocenters. The van der Waals surface area contributed by atoms with Gasteiger partial charge in [-0.2, -0.15) is 0 Å². The third-order valence-corrected chi connectivity index (χ3v) is 4.94. The van der Waals surface area contributed by atoms with Crippen LogP contribution in [-0.4, -0.2) is 28.6 Å². The molecule has 0 bridgehead atoms. The first-order chi connectivity index (χ1) is 9.74. The SMILES string of the molecule is O=C(O)c1ccc(CN2CCC[C@H]3CCCC[C@H]32)cc1. The largest absolute Gasteiger partial charge is 0.478 e. The van der Waals surface area contributed by atoms with Crippen molar-refractivity contribution in [2.24, 2.45) is 5.92 Å². The van der Waals surface area contributed by atoms with E-state index in [9.17, 15) is 4.79 Å². The normalized spacial score (nSPS) is 27.0. The van der Waals surface area contributed by atoms with E-state index in [2.05, 4.69) is 4.90 Å². The Morgan fingerprint density at radius 2 is 1.80 bits per heavy atom. The standard InChI is InChI=1S/C17H23NO2/c19-17(20)15-9-7-13(8-10-15)12-18-11-3-5-14-4-1-2-6-16(14)18/h7-10,14,16H,1-6,11-12H2,(H,19,20)/t14-,16-/m1/s1. The van der Waals surface area contributed by atoms with E-state index in [0.29, 0.717) is 5.56 Å². The first-order valence-corrected chi connectivity index (χ1v) is 7.80. The lowest BCUT2D eigenvalue weighted by atomic mass is 9.78. The van der Waals surface area contributed by atoms with E-state index >= 15 is 0 Å². The Balaban J connectivity index is 1.68. The van der Waals surface area contributed by atoms with Crippen molar-refractivity contribution in [2.45, 2.75) is 51.1 Å². The molecule has 0 spiro atoms. The molecule has 0 amide bonds. The van der Waals surface area contributed by atoms with Gasteiger partial charge in [0.15, 0.2) is 0 Å². The molecule has 108 valence electrons. The molecule has 1 heterocycles. The predicted molar refractivity (Wildman–Crippen MR) is 78.8 cm³/mol. The summed E-state index contributed by atoms with van der Waals surface area (Å²) >= 11 is 0. The minimum atomic E-state index is -0.845. The summed E-state index contributed by atoms with van der Waals surface area (Å²) in [5, 5.41) is 8.94. The van der Waals surface area contributed by atoms with Crippen LogP contribution in [-0.2, 0) is 6.54 Å². The van der Waals surface area contributed by atoms with Crippen molar-refractivity contribution in [3.8, 4) is 0 Å². The van der Waals surface area contributed by atoms with E-state index in [1.54, 1.807) is 12.1 Å². The summed E-state index contributed by atoms with van der Waals surface area (Å²) in [4.78, 5) is 13.5. The van der Waals surface area contributed by atoms with Gasteiger partial charge in [0.05, 0.1) is 5.56 Å². The predicted octanol–water partition coefficient (Wildman–Crippen LogP) is 3.54. The second kappa shape index (κ2) is 5.96. The van der Waals surface area contributed by atoms with E-state index in [0.717, 1.165) is 18.5 Å². The number of hydrogen-bond donors (Lipinski definition) is 1. The van der Waals surface area contributed by atoms with Crippen LogP contribution in [0.25, 0.3) is 0 Å². The van der Waals surface area contributed by atoms with Crippen LogP contribution in [0.4, 0.5) is 0 Å². The summed E-state index contributed by atoms with van der Waals surface area (Å²) in [6, 6.07) is 8.14. The molecular weight excluding hydrogens is 250 g/mol. The zero-order chi connectivity index (χ0) is 13.9. The molecule has 2 fully saturated rings. The molecule has 1 saturated carbocycles. The van der Waals surface area contributed by atoms with Gasteiger partial charge in [0.1, 0.15) is 0 Å². The van der Waals surface area contributed by atoms with Gasteiger partial charge < -0.3 is 5.11 Å². The van der Waals surface area contributed by atoms with Crippen LogP contribution in [0.2, 0.25) is 0 Å². The maximum absolute atomic E-state index is 10.9. The van der Waals surface area contributed by atoms with Crippen LogP contribution >= 0.6 is 0 Å². The number of piperidine rings is 1. The van der Waals surface area contributed by atoms with Gasteiger partial charge in [-0.25, -0.2) is 4.79 Å². The Labute approximate surface area is 120 Å². The average Bonchev–Trinajstić information content (AvgIpc) is 2.48. The van der Waals surface area contributed by atoms with Crippen molar-refractivity contribution in [2.75, 3.05) is 6.54 Å². The number of benzene rings is 1. The number of hydrogen-bond acceptors (Lipinski definition) is 2. The minimum Gasteiger partial charge on any atom is -0.478 e. The first kappa shape index (κ1) is 13.6. The number of likely N-dealkylation sites (tertiary alicyclic amines) is 1. The minimum absolute atomic E-state index is 0.378. The summed E-state index contributed by atoms with van der Waals surface area (Å²) < 4.78 is 0. The Hall–Kier alpha value is -1.35. The maximum Gasteiger partial charge on any atom is 0.335 e. The van der Waals surface area contributed by atoms with Gasteiger partial charge in [-0.3, -0.25) is 4.90 Å². The monoisotopic (exact) mass is 273 g/mol. The van der Waals surface area contributed by atoms with E-state index in [1.165, 1.54) is 50.6 Å². The summed E-state index contributed by atoms with van der Waals surface area (Å²) in [6.45, 7) is 2.17. The van der Waals surface area contributed by atoms with E-state index in [4.69, 9.17) is 5.11 Å². The van der Waals surface area contributed by atoms with E-state index in [1.807, 2.05) is 12.1 Å². The van der Waals surface area contributed by atoms with Crippen LogP contribution in [0.3, 0.4) is 0 Å². The molecule has 1 N–H and O–H groups in total. The van der Waals surface area contributed by atoms with Gasteiger partial charge in [0, 0.05) is 12.6 Å². The molecular formula is C17H23NO2. The molecule has 3 nitrogen and oxygen atoms in total. The molecule has 1 aliphatic heterocycles. The molecule has 0 aromatic heterocycles. The molecule has 3 heteroatoms. The van der Waals surface area contributed by atoms with Gasteiger partial charge in [-0.1, -0.05) is 25.0 Å². The molecule has 2 aliphatic rings. The van der Waals surface area contributed by atoms with Crippen molar-refractivity contribution in [3.63, 3.8) is 0 Å². The van der Waals surface area contributed by atoms with Crippen LogP contribution in [0, 0.1) is 5.92 Å². The Bertz CT molecular complexity index is 466. The number of aromatic carboxylic acids is 1. The molecule has 1 aromatic carbocycles. The number of carboxylic acids is 1. The molecule has 0 radical (unpaired) electrons. The van der Waals surface area contributed by atoms with Crippen molar-refractivity contribution in [3.05, 3.63) is 35.4 Å². The zero-order valence-electron chi connectivity index (χ0n) is 11.9. The van der Waals surface area contributed by atoms with Crippen molar-refractivity contribution in [1.29, 1.82) is 0 Å². The van der Waals surface area contributed by atoms with Crippen molar-refractivity contribution >= 4 is 5.97 Å². The quantitative estimate of drug-likeness (QED) is 0.915. The molecule has 1 saturated heterocycles. The van der Waals surface area contributed by atoms with Crippen LogP contribution in [0.15, 0.2) is 24.3 Å². The van der Waals surface area contributed by atoms with Crippen LogP contribution in [0.1, 0.15) is 54.4 Å². The van der Waals surface area contributed by atoms with E-state index < -0.39 is 5.97 Å². The van der Waals surface area contributed by atoms with E-state index in [-0.39, 0.29) is 0 Å². The van der Waals surface area contributed by atoms with Gasteiger partial charge in [-0.15, -0.1) is 0 Å². The lowest BCUT2D eigenvalue weighted by molar-refractivity contribution is 0.0547. The fourth-order valence-corrected chi connectivity index (χ4v) is 3.91. The second-order valence-electron chi connectivity index (χ2n) is 6.23. The third kappa shape index (κ3) is 2.88. The number of fused-ring (bicyclic) bond motifs is 1.